The Morgan fingerprint density at radius 3 is 3.00 bits per heavy atom. The largest absolute Gasteiger partial charge is 0.339 e. The summed E-state index contributed by atoms with van der Waals surface area (Å²) in [5.41, 5.74) is 0. The van der Waals surface area contributed by atoms with Gasteiger partial charge >= 0.3 is 0 Å². The summed E-state index contributed by atoms with van der Waals surface area (Å²) in [7, 11) is 1.81. The molecule has 1 saturated heterocycles. The number of rotatable bonds is 2. The van der Waals surface area contributed by atoms with Gasteiger partial charge in [0.25, 0.3) is 11.7 Å². The van der Waals surface area contributed by atoms with Gasteiger partial charge in [-0.05, 0) is 32.4 Å². The van der Waals surface area contributed by atoms with E-state index < -0.39 is 0 Å². The molecule has 2 heterocycles. The first kappa shape index (κ1) is 12.0. The molecule has 1 aliphatic heterocycles. The summed E-state index contributed by atoms with van der Waals surface area (Å²) in [6, 6.07) is 0.260. The molecule has 1 aliphatic rings. The van der Waals surface area contributed by atoms with Crippen LogP contribution in [-0.2, 0) is 0 Å². The first-order valence-electron chi connectivity index (χ1n) is 5.96. The summed E-state index contributed by atoms with van der Waals surface area (Å²) in [6.07, 6.45) is 3.08. The summed E-state index contributed by atoms with van der Waals surface area (Å²) in [5, 5.41) is 6.99. The average Bonchev–Trinajstić information content (AvgIpc) is 2.60. The topological polar surface area (TPSA) is 71.3 Å². The summed E-state index contributed by atoms with van der Waals surface area (Å²) in [6.45, 7) is 3.66. The highest BCUT2D eigenvalue weighted by Crippen LogP contribution is 2.13. The fourth-order valence-corrected chi connectivity index (χ4v) is 2.10. The number of aryl methyl sites for hydroxylation is 1. The minimum absolute atomic E-state index is 0.155. The van der Waals surface area contributed by atoms with Crippen LogP contribution >= 0.6 is 0 Å². The number of carbonyl (C=O) groups excluding carboxylic acids is 1. The van der Waals surface area contributed by atoms with Crippen molar-refractivity contribution in [2.24, 2.45) is 0 Å². The maximum absolute atomic E-state index is 12.1. The number of amides is 1. The van der Waals surface area contributed by atoms with Gasteiger partial charge in [-0.25, -0.2) is 0 Å². The van der Waals surface area contributed by atoms with E-state index in [0.29, 0.717) is 5.89 Å². The van der Waals surface area contributed by atoms with Gasteiger partial charge in [-0.2, -0.15) is 4.98 Å². The van der Waals surface area contributed by atoms with Gasteiger partial charge in [0.05, 0.1) is 0 Å². The second kappa shape index (κ2) is 5.27. The fourth-order valence-electron chi connectivity index (χ4n) is 2.10. The fraction of sp³-hybridized carbons (Fsp3) is 0.727. The summed E-state index contributed by atoms with van der Waals surface area (Å²) in [5.74, 6) is 0.417. The van der Waals surface area contributed by atoms with Crippen LogP contribution in [0.25, 0.3) is 0 Å². The van der Waals surface area contributed by atoms with Crippen LogP contribution in [-0.4, -0.2) is 47.1 Å². The van der Waals surface area contributed by atoms with E-state index >= 15 is 0 Å². The zero-order valence-corrected chi connectivity index (χ0v) is 10.3. The quantitative estimate of drug-likeness (QED) is 0.816. The Morgan fingerprint density at radius 2 is 2.29 bits per heavy atom. The van der Waals surface area contributed by atoms with Crippen molar-refractivity contribution in [1.82, 2.24) is 20.4 Å². The van der Waals surface area contributed by atoms with Gasteiger partial charge in [0.2, 0.25) is 5.89 Å². The molecular weight excluding hydrogens is 220 g/mol. The SMILES string of the molecule is Cc1nc(C(=O)N(C)C2CCCNCC2)no1. The maximum atomic E-state index is 12.1. The lowest BCUT2D eigenvalue weighted by molar-refractivity contribution is 0.0704. The zero-order chi connectivity index (χ0) is 12.3. The lowest BCUT2D eigenvalue weighted by Crippen LogP contribution is -2.38. The standard InChI is InChI=1S/C11H18N4O2/c1-8-13-10(14-17-8)11(16)15(2)9-4-3-6-12-7-5-9/h9,12H,3-7H2,1-2H3. The molecule has 1 N–H and O–H groups in total. The molecule has 1 unspecified atom stereocenters. The van der Waals surface area contributed by atoms with Crippen molar-refractivity contribution in [3.8, 4) is 0 Å². The first-order valence-corrected chi connectivity index (χ1v) is 5.96. The molecule has 1 atom stereocenters. The van der Waals surface area contributed by atoms with Crippen LogP contribution in [0.1, 0.15) is 35.8 Å². The molecule has 0 radical (unpaired) electrons. The van der Waals surface area contributed by atoms with Gasteiger partial charge in [-0.1, -0.05) is 5.16 Å². The van der Waals surface area contributed by atoms with Gasteiger partial charge in [-0.15, -0.1) is 0 Å². The number of aromatic nitrogens is 2. The molecule has 6 heteroatoms. The Kier molecular flexibility index (Phi) is 3.73. The molecular formula is C11H18N4O2. The molecule has 0 spiro atoms. The minimum atomic E-state index is -0.159. The normalized spacial score (nSPS) is 20.9. The van der Waals surface area contributed by atoms with E-state index in [0.717, 1.165) is 32.4 Å². The number of nitrogens with zero attached hydrogens (tertiary/aromatic N) is 3. The third-order valence-corrected chi connectivity index (χ3v) is 3.13. The lowest BCUT2D eigenvalue weighted by atomic mass is 10.1. The van der Waals surface area contributed by atoms with E-state index in [-0.39, 0.29) is 17.8 Å². The Labute approximate surface area is 100 Å². The second-order valence-corrected chi connectivity index (χ2v) is 4.39. The van der Waals surface area contributed by atoms with Gasteiger partial charge in [0, 0.05) is 20.0 Å². The molecule has 2 rings (SSSR count). The Morgan fingerprint density at radius 1 is 1.47 bits per heavy atom. The highest BCUT2D eigenvalue weighted by Gasteiger charge is 2.25. The minimum Gasteiger partial charge on any atom is -0.339 e. The van der Waals surface area contributed by atoms with Crippen molar-refractivity contribution < 1.29 is 9.32 Å². The predicted molar refractivity (Wildman–Crippen MR) is 61.6 cm³/mol. The predicted octanol–water partition coefficient (Wildman–Crippen LogP) is 0.592. The van der Waals surface area contributed by atoms with E-state index in [4.69, 9.17) is 4.52 Å². The van der Waals surface area contributed by atoms with E-state index in [1.54, 1.807) is 11.8 Å². The second-order valence-electron chi connectivity index (χ2n) is 4.39. The van der Waals surface area contributed by atoms with Crippen LogP contribution in [0.2, 0.25) is 0 Å². The van der Waals surface area contributed by atoms with Crippen LogP contribution < -0.4 is 5.32 Å². The van der Waals surface area contributed by atoms with Gasteiger partial charge in [0.15, 0.2) is 0 Å². The molecule has 0 aliphatic carbocycles. The van der Waals surface area contributed by atoms with Gasteiger partial charge in [-0.3, -0.25) is 4.79 Å². The van der Waals surface area contributed by atoms with E-state index in [9.17, 15) is 4.79 Å². The summed E-state index contributed by atoms with van der Waals surface area (Å²) in [4.78, 5) is 17.8. The van der Waals surface area contributed by atoms with Crippen LogP contribution in [0, 0.1) is 6.92 Å². The molecule has 1 fully saturated rings. The molecule has 1 amide bonds. The Bertz CT molecular complexity index is 383. The Hall–Kier alpha value is -1.43. The number of hydrogen-bond acceptors (Lipinski definition) is 5. The highest BCUT2D eigenvalue weighted by atomic mass is 16.5. The third kappa shape index (κ3) is 2.82. The molecule has 1 aromatic rings. The molecule has 0 saturated carbocycles. The van der Waals surface area contributed by atoms with Crippen molar-refractivity contribution in [3.05, 3.63) is 11.7 Å². The highest BCUT2D eigenvalue weighted by molar-refractivity contribution is 5.90. The number of nitrogens with one attached hydrogen (secondary N) is 1. The maximum Gasteiger partial charge on any atom is 0.295 e. The van der Waals surface area contributed by atoms with Gasteiger partial charge in [0.1, 0.15) is 0 Å². The van der Waals surface area contributed by atoms with Crippen molar-refractivity contribution in [3.63, 3.8) is 0 Å². The first-order chi connectivity index (χ1) is 8.18. The van der Waals surface area contributed by atoms with Crippen molar-refractivity contribution in [2.45, 2.75) is 32.2 Å². The number of carbonyl (C=O) groups is 1. The van der Waals surface area contributed by atoms with E-state index in [1.165, 1.54) is 0 Å². The van der Waals surface area contributed by atoms with E-state index in [1.807, 2.05) is 7.05 Å². The van der Waals surface area contributed by atoms with Crippen LogP contribution in [0.3, 0.4) is 0 Å². The lowest BCUT2D eigenvalue weighted by Gasteiger charge is -2.25. The van der Waals surface area contributed by atoms with Crippen molar-refractivity contribution >= 4 is 5.91 Å². The van der Waals surface area contributed by atoms with Crippen LogP contribution in [0.15, 0.2) is 4.52 Å². The summed E-state index contributed by atoms with van der Waals surface area (Å²) >= 11 is 0. The molecule has 0 aromatic carbocycles. The van der Waals surface area contributed by atoms with E-state index in [2.05, 4.69) is 15.5 Å². The smallest absolute Gasteiger partial charge is 0.295 e. The summed E-state index contributed by atoms with van der Waals surface area (Å²) < 4.78 is 4.83. The van der Waals surface area contributed by atoms with Gasteiger partial charge < -0.3 is 14.7 Å². The average molecular weight is 238 g/mol. The molecule has 0 bridgehead atoms. The van der Waals surface area contributed by atoms with Crippen LogP contribution in [0.5, 0.6) is 0 Å². The molecule has 1 aromatic heterocycles. The van der Waals surface area contributed by atoms with Crippen molar-refractivity contribution in [2.75, 3.05) is 20.1 Å². The Balaban J connectivity index is 2.03. The monoisotopic (exact) mass is 238 g/mol. The molecule has 6 nitrogen and oxygen atoms in total. The third-order valence-electron chi connectivity index (χ3n) is 3.13. The van der Waals surface area contributed by atoms with Crippen LogP contribution in [0.4, 0.5) is 0 Å². The number of hydrogen-bond donors (Lipinski definition) is 1. The molecule has 17 heavy (non-hydrogen) atoms. The molecule has 94 valence electrons. The zero-order valence-electron chi connectivity index (χ0n) is 10.3. The van der Waals surface area contributed by atoms with Crippen molar-refractivity contribution in [1.29, 1.82) is 0 Å².